The first-order valence-electron chi connectivity index (χ1n) is 4.78. The lowest BCUT2D eigenvalue weighted by Crippen LogP contribution is -2.40. The Kier molecular flexibility index (Phi) is 1.86. The molecule has 2 heteroatoms. The summed E-state index contributed by atoms with van der Waals surface area (Å²) < 4.78 is 0. The minimum atomic E-state index is -0.0642. The van der Waals surface area contributed by atoms with Crippen molar-refractivity contribution in [3.05, 3.63) is 0 Å². The van der Waals surface area contributed by atoms with Gasteiger partial charge in [0.2, 0.25) is 0 Å². The van der Waals surface area contributed by atoms with Crippen molar-refractivity contribution in [2.75, 3.05) is 5.33 Å². The number of hydrogen-bond donors (Lipinski definition) is 1. The van der Waals surface area contributed by atoms with Crippen LogP contribution in [0.3, 0.4) is 0 Å². The quantitative estimate of drug-likeness (QED) is 0.690. The Morgan fingerprint density at radius 3 is 2.42 bits per heavy atom. The molecule has 0 amide bonds. The van der Waals surface area contributed by atoms with Gasteiger partial charge in [0.1, 0.15) is 0 Å². The number of aliphatic hydroxyl groups excluding tert-OH is 1. The molecule has 0 spiro atoms. The standard InChI is InChI=1S/C10H17BrO/c1-9(2)7-3-4-10(9,6-11)8(12)5-7/h7-8,12H,3-6H2,1-2H3/t7-,8-,10-/m0/s1. The smallest absolute Gasteiger partial charge is 0.0612 e. The van der Waals surface area contributed by atoms with E-state index in [2.05, 4.69) is 29.8 Å². The lowest BCUT2D eigenvalue weighted by molar-refractivity contribution is 0.0178. The highest BCUT2D eigenvalue weighted by Crippen LogP contribution is 2.66. The van der Waals surface area contributed by atoms with Crippen LogP contribution in [0.1, 0.15) is 33.1 Å². The largest absolute Gasteiger partial charge is 0.392 e. The van der Waals surface area contributed by atoms with E-state index in [0.29, 0.717) is 5.41 Å². The van der Waals surface area contributed by atoms with Gasteiger partial charge in [0.15, 0.2) is 0 Å². The molecule has 0 unspecified atom stereocenters. The molecule has 1 N–H and O–H groups in total. The molecule has 3 atom stereocenters. The van der Waals surface area contributed by atoms with Crippen molar-refractivity contribution >= 4 is 15.9 Å². The minimum absolute atomic E-state index is 0.0642. The monoisotopic (exact) mass is 232 g/mol. The highest BCUT2D eigenvalue weighted by Gasteiger charge is 2.62. The number of hydrogen-bond acceptors (Lipinski definition) is 1. The van der Waals surface area contributed by atoms with Gasteiger partial charge >= 0.3 is 0 Å². The molecule has 70 valence electrons. The van der Waals surface area contributed by atoms with E-state index >= 15 is 0 Å². The molecule has 2 bridgehead atoms. The molecule has 2 aliphatic carbocycles. The van der Waals surface area contributed by atoms with Crippen molar-refractivity contribution in [2.24, 2.45) is 16.7 Å². The van der Waals surface area contributed by atoms with Crippen LogP contribution in [-0.2, 0) is 0 Å². The Morgan fingerprint density at radius 2 is 2.17 bits per heavy atom. The van der Waals surface area contributed by atoms with Gasteiger partial charge in [-0.3, -0.25) is 0 Å². The van der Waals surface area contributed by atoms with E-state index in [1.807, 2.05) is 0 Å². The van der Waals surface area contributed by atoms with Gasteiger partial charge in [-0.15, -0.1) is 0 Å². The normalized spacial score (nSPS) is 50.0. The van der Waals surface area contributed by atoms with Crippen molar-refractivity contribution < 1.29 is 5.11 Å². The van der Waals surface area contributed by atoms with Gasteiger partial charge in [-0.1, -0.05) is 29.8 Å². The average Bonchev–Trinajstić information content (AvgIpc) is 2.36. The first kappa shape index (κ1) is 9.01. The zero-order chi connectivity index (χ0) is 8.98. The van der Waals surface area contributed by atoms with Gasteiger partial charge in [0, 0.05) is 10.7 Å². The van der Waals surface area contributed by atoms with Crippen molar-refractivity contribution in [1.82, 2.24) is 0 Å². The molecular formula is C10H17BrO. The predicted octanol–water partition coefficient (Wildman–Crippen LogP) is 2.57. The van der Waals surface area contributed by atoms with Crippen molar-refractivity contribution in [3.8, 4) is 0 Å². The number of halogens is 1. The fourth-order valence-corrected chi connectivity index (χ4v) is 4.73. The molecule has 2 saturated carbocycles. The second-order valence-electron chi connectivity index (χ2n) is 5.00. The SMILES string of the molecule is CC1(C)[C@H]2CC[C@]1(CBr)[C@@H](O)C2. The van der Waals surface area contributed by atoms with Crippen molar-refractivity contribution in [1.29, 1.82) is 0 Å². The minimum Gasteiger partial charge on any atom is -0.392 e. The maximum Gasteiger partial charge on any atom is 0.0612 e. The number of alkyl halides is 1. The lowest BCUT2D eigenvalue weighted by Gasteiger charge is -2.38. The maximum absolute atomic E-state index is 9.98. The van der Waals surface area contributed by atoms with Gasteiger partial charge in [0.05, 0.1) is 6.10 Å². The molecule has 0 aliphatic heterocycles. The van der Waals surface area contributed by atoms with Crippen LogP contribution >= 0.6 is 15.9 Å². The summed E-state index contributed by atoms with van der Waals surface area (Å²) >= 11 is 3.58. The van der Waals surface area contributed by atoms with Crippen LogP contribution in [0.15, 0.2) is 0 Å². The number of fused-ring (bicyclic) bond motifs is 2. The van der Waals surface area contributed by atoms with E-state index in [9.17, 15) is 5.11 Å². The Hall–Kier alpha value is 0.440. The molecule has 1 nitrogen and oxygen atoms in total. The van der Waals surface area contributed by atoms with Gasteiger partial charge in [0.25, 0.3) is 0 Å². The van der Waals surface area contributed by atoms with Crippen LogP contribution in [0.2, 0.25) is 0 Å². The van der Waals surface area contributed by atoms with Gasteiger partial charge in [-0.05, 0) is 30.6 Å². The molecule has 0 aromatic heterocycles. The van der Waals surface area contributed by atoms with Crippen LogP contribution < -0.4 is 0 Å². The molecule has 0 aromatic rings. The van der Waals surface area contributed by atoms with Gasteiger partial charge in [-0.2, -0.15) is 0 Å². The lowest BCUT2D eigenvalue weighted by atomic mass is 9.70. The van der Waals surface area contributed by atoms with Crippen molar-refractivity contribution in [2.45, 2.75) is 39.2 Å². The molecule has 2 fully saturated rings. The zero-order valence-electron chi connectivity index (χ0n) is 7.81. The summed E-state index contributed by atoms with van der Waals surface area (Å²) in [6.45, 7) is 4.64. The summed E-state index contributed by atoms with van der Waals surface area (Å²) in [5.41, 5.74) is 0.521. The van der Waals surface area contributed by atoms with E-state index in [1.165, 1.54) is 12.8 Å². The van der Waals surface area contributed by atoms with Gasteiger partial charge < -0.3 is 5.11 Å². The highest BCUT2D eigenvalue weighted by molar-refractivity contribution is 9.09. The number of rotatable bonds is 1. The Balaban J connectivity index is 2.39. The number of aliphatic hydroxyl groups is 1. The first-order valence-corrected chi connectivity index (χ1v) is 5.91. The first-order chi connectivity index (χ1) is 5.54. The molecule has 0 radical (unpaired) electrons. The third kappa shape index (κ3) is 0.784. The third-order valence-electron chi connectivity index (χ3n) is 4.63. The molecular weight excluding hydrogens is 216 g/mol. The summed E-state index contributed by atoms with van der Waals surface area (Å²) in [4.78, 5) is 0. The van der Waals surface area contributed by atoms with E-state index < -0.39 is 0 Å². The van der Waals surface area contributed by atoms with Crippen LogP contribution in [0.25, 0.3) is 0 Å². The highest BCUT2D eigenvalue weighted by atomic mass is 79.9. The zero-order valence-corrected chi connectivity index (χ0v) is 9.39. The van der Waals surface area contributed by atoms with Crippen molar-refractivity contribution in [3.63, 3.8) is 0 Å². The third-order valence-corrected chi connectivity index (χ3v) is 5.63. The average molecular weight is 233 g/mol. The predicted molar refractivity (Wildman–Crippen MR) is 53.4 cm³/mol. The summed E-state index contributed by atoms with van der Waals surface area (Å²) in [6, 6.07) is 0. The van der Waals surface area contributed by atoms with Gasteiger partial charge in [-0.25, -0.2) is 0 Å². The maximum atomic E-state index is 9.98. The summed E-state index contributed by atoms with van der Waals surface area (Å²) in [7, 11) is 0. The second kappa shape index (κ2) is 2.48. The summed E-state index contributed by atoms with van der Waals surface area (Å²) in [5, 5.41) is 10.9. The summed E-state index contributed by atoms with van der Waals surface area (Å²) in [6.07, 6.45) is 3.48. The molecule has 0 saturated heterocycles. The van der Waals surface area contributed by atoms with E-state index in [4.69, 9.17) is 0 Å². The molecule has 2 aliphatic rings. The van der Waals surface area contributed by atoms with Crippen LogP contribution in [0.5, 0.6) is 0 Å². The van der Waals surface area contributed by atoms with Crippen LogP contribution in [0.4, 0.5) is 0 Å². The van der Waals surface area contributed by atoms with E-state index in [0.717, 1.165) is 17.7 Å². The molecule has 2 rings (SSSR count). The van der Waals surface area contributed by atoms with E-state index in [1.54, 1.807) is 0 Å². The topological polar surface area (TPSA) is 20.2 Å². The Morgan fingerprint density at radius 1 is 1.50 bits per heavy atom. The Bertz CT molecular complexity index is 202. The fraction of sp³-hybridized carbons (Fsp3) is 1.00. The molecule has 0 aromatic carbocycles. The fourth-order valence-electron chi connectivity index (χ4n) is 3.35. The van der Waals surface area contributed by atoms with Crippen LogP contribution in [0, 0.1) is 16.7 Å². The second-order valence-corrected chi connectivity index (χ2v) is 5.56. The van der Waals surface area contributed by atoms with E-state index in [-0.39, 0.29) is 11.5 Å². The molecule has 12 heavy (non-hydrogen) atoms. The Labute approximate surface area is 82.7 Å². The molecule has 0 heterocycles. The van der Waals surface area contributed by atoms with Crippen LogP contribution in [-0.4, -0.2) is 16.5 Å². The summed E-state index contributed by atoms with van der Waals surface area (Å²) in [5.74, 6) is 0.755.